The Hall–Kier alpha value is -2.61. The van der Waals surface area contributed by atoms with Crippen molar-refractivity contribution in [2.24, 2.45) is 0 Å². The van der Waals surface area contributed by atoms with E-state index in [1.54, 1.807) is 7.11 Å². The van der Waals surface area contributed by atoms with Crippen molar-refractivity contribution in [1.29, 1.82) is 0 Å². The predicted molar refractivity (Wildman–Crippen MR) is 101 cm³/mol. The lowest BCUT2D eigenvalue weighted by molar-refractivity contribution is -0.123. The number of anilines is 1. The number of carbonyl (C=O) groups is 1. The molecule has 26 heavy (non-hydrogen) atoms. The van der Waals surface area contributed by atoms with Crippen LogP contribution in [0.4, 0.5) is 5.69 Å². The molecule has 7 nitrogen and oxygen atoms in total. The second kappa shape index (κ2) is 8.18. The molecule has 3 rings (SSSR count). The molecule has 1 aliphatic heterocycles. The normalized spacial score (nSPS) is 19.2. The van der Waals surface area contributed by atoms with Crippen molar-refractivity contribution in [1.82, 2.24) is 21.7 Å². The van der Waals surface area contributed by atoms with Gasteiger partial charge in [-0.05, 0) is 54.8 Å². The van der Waals surface area contributed by atoms with Crippen LogP contribution in [0.2, 0.25) is 0 Å². The Bertz CT molecular complexity index is 763. The Balaban J connectivity index is 1.57. The van der Waals surface area contributed by atoms with Crippen LogP contribution in [0.1, 0.15) is 16.7 Å². The van der Waals surface area contributed by atoms with E-state index >= 15 is 0 Å². The fraction of sp³-hybridized carbons (Fsp3) is 0.316. The van der Waals surface area contributed by atoms with E-state index in [-0.39, 0.29) is 12.1 Å². The summed E-state index contributed by atoms with van der Waals surface area (Å²) in [6.45, 7) is 4.60. The highest BCUT2D eigenvalue weighted by atomic mass is 16.5. The van der Waals surface area contributed by atoms with Gasteiger partial charge in [0.1, 0.15) is 18.0 Å². The lowest BCUT2D eigenvalue weighted by Gasteiger charge is -2.20. The molecule has 1 amide bonds. The van der Waals surface area contributed by atoms with E-state index in [1.807, 2.05) is 30.3 Å². The number of methoxy groups -OCH3 is 1. The van der Waals surface area contributed by atoms with Crippen LogP contribution in [0.15, 0.2) is 42.5 Å². The summed E-state index contributed by atoms with van der Waals surface area (Å²) in [7, 11) is 1.63. The summed E-state index contributed by atoms with van der Waals surface area (Å²) in [6, 6.07) is 13.3. The molecule has 2 unspecified atom stereocenters. The van der Waals surface area contributed by atoms with Gasteiger partial charge < -0.3 is 15.4 Å². The monoisotopic (exact) mass is 355 g/mol. The number of ether oxygens (including phenoxy) is 1. The molecule has 0 bridgehead atoms. The summed E-state index contributed by atoms with van der Waals surface area (Å²) in [4.78, 5) is 12.5. The number of benzene rings is 2. The summed E-state index contributed by atoms with van der Waals surface area (Å²) in [5, 5.41) is 6.29. The van der Waals surface area contributed by atoms with E-state index in [2.05, 4.69) is 53.0 Å². The molecule has 1 fully saturated rings. The zero-order chi connectivity index (χ0) is 18.5. The van der Waals surface area contributed by atoms with Gasteiger partial charge in [-0.25, -0.2) is 10.9 Å². The van der Waals surface area contributed by atoms with Crippen LogP contribution in [0, 0.1) is 13.8 Å². The molecule has 138 valence electrons. The van der Waals surface area contributed by atoms with Crippen molar-refractivity contribution in [3.05, 3.63) is 59.2 Å². The number of nitrogens with one attached hydrogen (secondary N) is 5. The highest BCUT2D eigenvalue weighted by molar-refractivity contribution is 5.83. The number of carbonyl (C=O) groups excluding carboxylic acids is 1. The van der Waals surface area contributed by atoms with Crippen LogP contribution >= 0.6 is 0 Å². The summed E-state index contributed by atoms with van der Waals surface area (Å²) in [5.74, 6) is 0.697. The van der Waals surface area contributed by atoms with E-state index in [9.17, 15) is 4.79 Å². The van der Waals surface area contributed by atoms with Gasteiger partial charge in [0, 0.05) is 12.2 Å². The van der Waals surface area contributed by atoms with Crippen molar-refractivity contribution < 1.29 is 9.53 Å². The molecule has 0 spiro atoms. The first kappa shape index (κ1) is 18.2. The number of rotatable bonds is 6. The van der Waals surface area contributed by atoms with Crippen LogP contribution in [0.3, 0.4) is 0 Å². The highest BCUT2D eigenvalue weighted by Gasteiger charge is 2.32. The lowest BCUT2D eigenvalue weighted by atomic mass is 10.1. The fourth-order valence-corrected chi connectivity index (χ4v) is 2.75. The average molecular weight is 355 g/mol. The molecule has 2 atom stereocenters. The molecule has 0 aromatic heterocycles. The maximum Gasteiger partial charge on any atom is 0.242 e. The molecule has 2 aromatic rings. The first-order valence-electron chi connectivity index (χ1n) is 8.57. The molecule has 5 N–H and O–H groups in total. The Labute approximate surface area is 153 Å². The van der Waals surface area contributed by atoms with Gasteiger partial charge in [-0.1, -0.05) is 18.2 Å². The van der Waals surface area contributed by atoms with E-state index < -0.39 is 6.04 Å². The van der Waals surface area contributed by atoms with E-state index in [1.165, 1.54) is 11.1 Å². The first-order chi connectivity index (χ1) is 12.6. The molecule has 2 aromatic carbocycles. The molecular weight excluding hydrogens is 330 g/mol. The summed E-state index contributed by atoms with van der Waals surface area (Å²) in [5.41, 5.74) is 13.2. The van der Waals surface area contributed by atoms with Gasteiger partial charge in [0.25, 0.3) is 0 Å². The van der Waals surface area contributed by atoms with Crippen LogP contribution in [-0.4, -0.2) is 25.2 Å². The molecule has 0 aliphatic carbocycles. The molecule has 0 saturated carbocycles. The standard InChI is InChI=1S/C19H25N5O2/c1-12-4-7-15(10-13(12)2)21-18-17(22-24-23-18)19(25)20-11-14-5-8-16(26-3)9-6-14/h4-10,17-18,21-24H,11H2,1-3H3,(H,20,25). The minimum Gasteiger partial charge on any atom is -0.497 e. The molecule has 1 aliphatic rings. The molecule has 7 heteroatoms. The van der Waals surface area contributed by atoms with E-state index in [0.717, 1.165) is 17.0 Å². The van der Waals surface area contributed by atoms with Crippen molar-refractivity contribution >= 4 is 11.6 Å². The SMILES string of the molecule is COc1ccc(CNC(=O)C2NNNC2Nc2ccc(C)c(C)c2)cc1. The lowest BCUT2D eigenvalue weighted by Crippen LogP contribution is -2.50. The third kappa shape index (κ3) is 4.32. The zero-order valence-corrected chi connectivity index (χ0v) is 15.2. The average Bonchev–Trinajstić information content (AvgIpc) is 3.11. The molecular formula is C19H25N5O2. The second-order valence-electron chi connectivity index (χ2n) is 6.38. The van der Waals surface area contributed by atoms with Gasteiger partial charge in [0.05, 0.1) is 7.11 Å². The van der Waals surface area contributed by atoms with Crippen molar-refractivity contribution in [3.63, 3.8) is 0 Å². The van der Waals surface area contributed by atoms with Crippen LogP contribution in [0.25, 0.3) is 0 Å². The first-order valence-corrected chi connectivity index (χ1v) is 8.57. The van der Waals surface area contributed by atoms with E-state index in [4.69, 9.17) is 4.74 Å². The van der Waals surface area contributed by atoms with Crippen LogP contribution in [0.5, 0.6) is 5.75 Å². The smallest absolute Gasteiger partial charge is 0.242 e. The van der Waals surface area contributed by atoms with Gasteiger partial charge in [0.15, 0.2) is 0 Å². The summed E-state index contributed by atoms with van der Waals surface area (Å²) < 4.78 is 5.14. The molecule has 1 saturated heterocycles. The second-order valence-corrected chi connectivity index (χ2v) is 6.38. The molecule has 0 radical (unpaired) electrons. The third-order valence-electron chi connectivity index (χ3n) is 4.53. The number of hydrogen-bond acceptors (Lipinski definition) is 6. The van der Waals surface area contributed by atoms with Crippen LogP contribution in [-0.2, 0) is 11.3 Å². The van der Waals surface area contributed by atoms with Gasteiger partial charge >= 0.3 is 0 Å². The largest absolute Gasteiger partial charge is 0.497 e. The highest BCUT2D eigenvalue weighted by Crippen LogP contribution is 2.16. The van der Waals surface area contributed by atoms with Crippen molar-refractivity contribution in [3.8, 4) is 5.75 Å². The van der Waals surface area contributed by atoms with Gasteiger partial charge in [-0.3, -0.25) is 4.79 Å². The number of hydrogen-bond donors (Lipinski definition) is 5. The minimum atomic E-state index is -0.449. The fourth-order valence-electron chi connectivity index (χ4n) is 2.75. The topological polar surface area (TPSA) is 86.5 Å². The Morgan fingerprint density at radius 2 is 1.85 bits per heavy atom. The Kier molecular flexibility index (Phi) is 5.72. The quantitative estimate of drug-likeness (QED) is 0.538. The third-order valence-corrected chi connectivity index (χ3v) is 4.53. The van der Waals surface area contributed by atoms with Crippen LogP contribution < -0.4 is 31.8 Å². The Morgan fingerprint density at radius 3 is 2.54 bits per heavy atom. The maximum atomic E-state index is 12.5. The number of amides is 1. The molecule has 1 heterocycles. The summed E-state index contributed by atoms with van der Waals surface area (Å²) in [6.07, 6.45) is -0.270. The number of hydrazine groups is 2. The van der Waals surface area contributed by atoms with Gasteiger partial charge in [-0.2, -0.15) is 5.53 Å². The van der Waals surface area contributed by atoms with Crippen molar-refractivity contribution in [2.45, 2.75) is 32.6 Å². The number of aryl methyl sites for hydroxylation is 2. The maximum absolute atomic E-state index is 12.5. The van der Waals surface area contributed by atoms with E-state index in [0.29, 0.717) is 6.54 Å². The minimum absolute atomic E-state index is 0.0975. The van der Waals surface area contributed by atoms with Gasteiger partial charge in [-0.15, -0.1) is 0 Å². The van der Waals surface area contributed by atoms with Crippen molar-refractivity contribution in [2.75, 3.05) is 12.4 Å². The van der Waals surface area contributed by atoms with Gasteiger partial charge in [0.2, 0.25) is 5.91 Å². The zero-order valence-electron chi connectivity index (χ0n) is 15.2. The predicted octanol–water partition coefficient (Wildman–Crippen LogP) is 1.35. The Morgan fingerprint density at radius 1 is 1.08 bits per heavy atom. The summed E-state index contributed by atoms with van der Waals surface area (Å²) >= 11 is 0.